The maximum absolute atomic E-state index is 7.13. The van der Waals surface area contributed by atoms with E-state index >= 15 is 0 Å². The molecular formula is C74H64Cl8Cu2Fe2N2P4S2-. The molecule has 0 saturated heterocycles. The van der Waals surface area contributed by atoms with Crippen LogP contribution >= 0.6 is 149 Å². The van der Waals surface area contributed by atoms with Gasteiger partial charge in [-0.15, -0.1) is 114 Å². The first-order valence-electron chi connectivity index (χ1n) is 27.3. The average Bonchev–Trinajstić information content (AvgIpc) is 1.77. The SMILES string of the molecule is ClCCl.ClCCl.ClCCl.ClCCl.[Cu+2].[Cu+].[Fe+2].[Fe].[N-]=C=S.[N-]=C=S.c1ccc(P(c2ccccc2)[c-]2cccc2)cc1.c1ccc(P(c2ccccc2)[c-]2cccc2)cc1.c1ccc(P(c2ccccc2)c2ccc[cH-]2)cc1.c1ccc(P(c2ccccc2)c2ccc[cH-]2)cc1. The molecule has 0 aliphatic rings. The van der Waals surface area contributed by atoms with Crippen molar-refractivity contribution in [1.29, 1.82) is 0 Å². The third kappa shape index (κ3) is 36.6. The molecule has 0 atom stereocenters. The molecule has 12 rings (SSSR count). The Morgan fingerprint density at radius 2 is 0.468 bits per heavy atom. The van der Waals surface area contributed by atoms with Gasteiger partial charge in [0, 0.05) is 17.1 Å². The van der Waals surface area contributed by atoms with Crippen molar-refractivity contribution >= 4 is 223 Å². The number of hydrogen-bond acceptors (Lipinski definition) is 2. The van der Waals surface area contributed by atoms with Crippen LogP contribution in [0.4, 0.5) is 0 Å². The molecule has 0 spiro atoms. The maximum Gasteiger partial charge on any atom is 2.00 e. The Morgan fingerprint density at radius 3 is 0.617 bits per heavy atom. The minimum atomic E-state index is -0.409. The molecule has 0 heterocycles. The Labute approximate surface area is 655 Å². The van der Waals surface area contributed by atoms with Crippen molar-refractivity contribution in [1.82, 2.24) is 0 Å². The molecule has 0 aromatic heterocycles. The van der Waals surface area contributed by atoms with E-state index < -0.39 is 31.7 Å². The molecule has 0 bridgehead atoms. The fourth-order valence-electron chi connectivity index (χ4n) is 8.46. The van der Waals surface area contributed by atoms with Gasteiger partial charge in [0.15, 0.2) is 0 Å². The summed E-state index contributed by atoms with van der Waals surface area (Å²) in [6.45, 7) is 0. The van der Waals surface area contributed by atoms with E-state index in [0.717, 1.165) is 0 Å². The summed E-state index contributed by atoms with van der Waals surface area (Å²) in [5.41, 5.74) is 0. The molecule has 0 amide bonds. The first-order valence-corrected chi connectivity index (χ1v) is 37.7. The summed E-state index contributed by atoms with van der Waals surface area (Å²) < 4.78 is 0. The third-order valence-electron chi connectivity index (χ3n) is 11.7. The number of nitrogens with zero attached hydrogens (tertiary/aromatic N) is 2. The molecule has 0 aliphatic carbocycles. The zero-order chi connectivity index (χ0) is 65.1. The van der Waals surface area contributed by atoms with E-state index in [0.29, 0.717) is 0 Å². The van der Waals surface area contributed by atoms with Gasteiger partial charge in [-0.05, 0) is 58.3 Å². The number of isothiocyanates is 2. The van der Waals surface area contributed by atoms with E-state index in [4.69, 9.17) is 104 Å². The minimum absolute atomic E-state index is 0. The van der Waals surface area contributed by atoms with E-state index in [-0.39, 0.29) is 89.6 Å². The maximum atomic E-state index is 7.13. The Bertz CT molecular complexity index is 2980. The molecule has 497 valence electrons. The summed E-state index contributed by atoms with van der Waals surface area (Å²) in [7, 11) is -1.64. The second kappa shape index (κ2) is 62.2. The van der Waals surface area contributed by atoms with Crippen LogP contribution in [0.2, 0.25) is 0 Å². The molecule has 20 heteroatoms. The topological polar surface area (TPSA) is 44.6 Å². The van der Waals surface area contributed by atoms with Crippen LogP contribution in [0.1, 0.15) is 0 Å². The van der Waals surface area contributed by atoms with Crippen LogP contribution in [-0.2, 0) is 68.3 Å². The predicted octanol–water partition coefficient (Wildman–Crippen LogP) is 19.6. The molecule has 1 radical (unpaired) electrons. The van der Waals surface area contributed by atoms with E-state index in [1.54, 1.807) is 0 Å². The first-order chi connectivity index (χ1) is 44.3. The van der Waals surface area contributed by atoms with Crippen molar-refractivity contribution in [3.8, 4) is 0 Å². The largest absolute Gasteiger partial charge is 2.00 e. The van der Waals surface area contributed by atoms with Gasteiger partial charge in [-0.2, -0.15) is 58.9 Å². The van der Waals surface area contributed by atoms with E-state index in [9.17, 15) is 0 Å². The molecule has 0 fully saturated rings. The van der Waals surface area contributed by atoms with E-state index in [2.05, 4.69) is 364 Å². The van der Waals surface area contributed by atoms with Gasteiger partial charge in [-0.3, -0.25) is 0 Å². The molecule has 0 N–H and O–H groups in total. The number of halogens is 8. The fraction of sp³-hybridized carbons (Fsp3) is 0.0541. The van der Waals surface area contributed by atoms with Crippen LogP contribution in [0.15, 0.2) is 340 Å². The minimum Gasteiger partial charge on any atom is -0.753 e. The van der Waals surface area contributed by atoms with Gasteiger partial charge >= 0.3 is 51.2 Å². The smallest absolute Gasteiger partial charge is 0.753 e. The molecule has 94 heavy (non-hydrogen) atoms. The van der Waals surface area contributed by atoms with Gasteiger partial charge < -0.3 is 10.8 Å². The van der Waals surface area contributed by atoms with Gasteiger partial charge in [-0.25, -0.2) is 48.5 Å². The van der Waals surface area contributed by atoms with Gasteiger partial charge in [0.2, 0.25) is 0 Å². The number of benzene rings is 8. The Hall–Kier alpha value is -3.12. The molecule has 0 unspecified atom stereocenters. The standard InChI is InChI=1S/4C17H14P.4CH2Cl2.2CNS.2Cu.2Fe/c4*1-3-9-15(10-4-1)18(17-13-7-8-14-17)16-11-5-2-6-12-16;6*2-1-3;;;;/h4*1-14H;4*1H2;;;;;;/q4*-1;;;;;2*-1;+1;+2;;+2. The predicted molar refractivity (Wildman–Crippen MR) is 421 cm³/mol. The van der Waals surface area contributed by atoms with Crippen molar-refractivity contribution in [3.05, 3.63) is 351 Å². The molecule has 12 aromatic rings. The van der Waals surface area contributed by atoms with Crippen molar-refractivity contribution in [2.45, 2.75) is 0 Å². The van der Waals surface area contributed by atoms with E-state index in [1.807, 2.05) is 0 Å². The monoisotopic (exact) mass is 1690 g/mol. The summed E-state index contributed by atoms with van der Waals surface area (Å²) in [6.07, 6.45) is 0. The van der Waals surface area contributed by atoms with E-state index in [1.165, 1.54) is 74.0 Å². The number of alkyl halides is 8. The zero-order valence-corrected chi connectivity index (χ0v) is 65.3. The number of rotatable bonds is 12. The third-order valence-corrected chi connectivity index (χ3v) is 21.5. The second-order valence-electron chi connectivity index (χ2n) is 17.2. The van der Waals surface area contributed by atoms with Crippen molar-refractivity contribution in [2.75, 3.05) is 21.4 Å². The summed E-state index contributed by atoms with van der Waals surface area (Å²) in [5, 5.41) is 34.6. The normalized spacial score (nSPS) is 9.15. The zero-order valence-electron chi connectivity index (χ0n) is 50.0. The number of hydrogen-bond donors (Lipinski definition) is 0. The van der Waals surface area contributed by atoms with Crippen molar-refractivity contribution < 1.29 is 68.3 Å². The Kier molecular flexibility index (Phi) is 61.4. The second-order valence-corrected chi connectivity index (χ2v) is 29.7. The summed E-state index contributed by atoms with van der Waals surface area (Å²) in [5.74, 6) is 0. The van der Waals surface area contributed by atoms with Crippen LogP contribution in [0.3, 0.4) is 0 Å². The summed E-state index contributed by atoms with van der Waals surface area (Å²) in [4.78, 5) is 0. The number of thiocarbonyl (C=S) groups is 2. The van der Waals surface area contributed by atoms with Crippen LogP contribution in [0.5, 0.6) is 0 Å². The molecule has 0 aliphatic heterocycles. The van der Waals surface area contributed by atoms with Gasteiger partial charge in [0.25, 0.3) is 0 Å². The molecule has 2 nitrogen and oxygen atoms in total. The van der Waals surface area contributed by atoms with Crippen LogP contribution in [-0.4, -0.2) is 31.7 Å². The Balaban J connectivity index is 0. The molecule has 0 saturated carbocycles. The summed E-state index contributed by atoms with van der Waals surface area (Å²) >= 11 is 45.5. The average molecular weight is 1690 g/mol. The van der Waals surface area contributed by atoms with Crippen molar-refractivity contribution in [3.63, 3.8) is 0 Å². The van der Waals surface area contributed by atoms with Gasteiger partial charge in [0.05, 0.1) is 21.4 Å². The van der Waals surface area contributed by atoms with Crippen LogP contribution in [0.25, 0.3) is 10.8 Å². The molecular weight excluding hydrogens is 1630 g/mol. The van der Waals surface area contributed by atoms with Gasteiger partial charge in [0.1, 0.15) is 0 Å². The van der Waals surface area contributed by atoms with Crippen LogP contribution in [0, 0.1) is 0 Å². The van der Waals surface area contributed by atoms with Crippen molar-refractivity contribution in [2.24, 2.45) is 0 Å². The first kappa shape index (κ1) is 92.9. The fourth-order valence-corrected chi connectivity index (χ4v) is 17.7. The molecule has 12 aromatic carbocycles. The van der Waals surface area contributed by atoms with Crippen LogP contribution < -0.4 is 63.7 Å². The van der Waals surface area contributed by atoms with Gasteiger partial charge in [-0.1, -0.05) is 283 Å². The Morgan fingerprint density at radius 1 is 0.309 bits per heavy atom. The summed E-state index contributed by atoms with van der Waals surface area (Å²) in [6, 6.07) is 121. The quantitative estimate of drug-likeness (QED) is 0.0306.